The van der Waals surface area contributed by atoms with Gasteiger partial charge in [-0.05, 0) is 62.1 Å². The molecule has 134 valence electrons. The molecule has 2 bridgehead atoms. The molecule has 0 saturated heterocycles. The van der Waals surface area contributed by atoms with Crippen molar-refractivity contribution < 1.29 is 4.79 Å². The molecule has 1 amide bonds. The molecule has 3 aliphatic carbocycles. The molecule has 0 radical (unpaired) electrons. The Labute approximate surface area is 159 Å². The van der Waals surface area contributed by atoms with Gasteiger partial charge in [0.15, 0.2) is 0 Å². The summed E-state index contributed by atoms with van der Waals surface area (Å²) in [4.78, 5) is 13.9. The Morgan fingerprint density at radius 1 is 1.19 bits per heavy atom. The summed E-state index contributed by atoms with van der Waals surface area (Å²) in [5.74, 6) is 1.49. The number of nitriles is 1. The Bertz CT molecular complexity index is 884. The lowest BCUT2D eigenvalue weighted by Crippen LogP contribution is -2.38. The van der Waals surface area contributed by atoms with E-state index in [2.05, 4.69) is 43.4 Å². The van der Waals surface area contributed by atoms with E-state index >= 15 is 0 Å². The molecule has 2 aromatic rings. The van der Waals surface area contributed by atoms with Crippen LogP contribution in [-0.2, 0) is 4.79 Å². The number of thiophene rings is 1. The fourth-order valence-electron chi connectivity index (χ4n) is 4.60. The van der Waals surface area contributed by atoms with Crippen molar-refractivity contribution in [3.05, 3.63) is 41.0 Å². The first kappa shape index (κ1) is 17.3. The van der Waals surface area contributed by atoms with Crippen molar-refractivity contribution in [1.29, 1.82) is 5.26 Å². The van der Waals surface area contributed by atoms with E-state index in [1.54, 1.807) is 0 Å². The number of hydrogen-bond donors (Lipinski definition) is 1. The minimum atomic E-state index is 0.116. The number of nitrogens with zero attached hydrogens (tertiary/aromatic N) is 1. The van der Waals surface area contributed by atoms with E-state index in [9.17, 15) is 10.1 Å². The van der Waals surface area contributed by atoms with Crippen molar-refractivity contribution in [3.63, 3.8) is 0 Å². The zero-order chi connectivity index (χ0) is 18.3. The van der Waals surface area contributed by atoms with Crippen LogP contribution in [0, 0.1) is 42.9 Å². The zero-order valence-corrected chi connectivity index (χ0v) is 16.2. The Morgan fingerprint density at radius 3 is 2.62 bits per heavy atom. The molecule has 0 aliphatic heterocycles. The first-order chi connectivity index (χ1) is 12.5. The molecule has 3 saturated carbocycles. The molecule has 0 spiro atoms. The molecular weight excluding hydrogens is 340 g/mol. The van der Waals surface area contributed by atoms with Gasteiger partial charge in [0.25, 0.3) is 0 Å². The maximum atomic E-state index is 12.9. The number of benzene rings is 1. The molecule has 1 atom stereocenters. The average molecular weight is 365 g/mol. The molecule has 1 heterocycles. The number of nitrogens with one attached hydrogen (secondary N) is 1. The molecule has 1 aromatic heterocycles. The van der Waals surface area contributed by atoms with Crippen LogP contribution >= 0.6 is 11.3 Å². The molecule has 3 aliphatic rings. The standard InChI is InChI=1S/C22H24N2OS/c1-13-3-4-14(2)18(9-13)20-11-17(12-23)22(26-20)24-21(25)19-10-15-5-7-16(19)8-6-15/h3-4,9,11,15-16,19H,5-8,10H2,1-2H3,(H,24,25)/t15?,16?,19-/m1/s1. The number of aryl methyl sites for hydroxylation is 2. The maximum Gasteiger partial charge on any atom is 0.228 e. The van der Waals surface area contributed by atoms with Crippen LogP contribution in [0.25, 0.3) is 10.4 Å². The number of rotatable bonds is 3. The molecule has 0 unspecified atom stereocenters. The minimum absolute atomic E-state index is 0.116. The van der Waals surface area contributed by atoms with Gasteiger partial charge in [0.2, 0.25) is 5.91 Å². The average Bonchev–Trinajstić information content (AvgIpc) is 3.07. The summed E-state index contributed by atoms with van der Waals surface area (Å²) >= 11 is 1.52. The summed E-state index contributed by atoms with van der Waals surface area (Å²) in [7, 11) is 0. The molecule has 3 fully saturated rings. The highest BCUT2D eigenvalue weighted by atomic mass is 32.1. The monoisotopic (exact) mass is 364 g/mol. The fraction of sp³-hybridized carbons (Fsp3) is 0.455. The van der Waals surface area contributed by atoms with E-state index in [0.29, 0.717) is 16.5 Å². The van der Waals surface area contributed by atoms with Gasteiger partial charge in [0, 0.05) is 10.8 Å². The second kappa shape index (κ2) is 6.89. The van der Waals surface area contributed by atoms with Gasteiger partial charge in [-0.15, -0.1) is 11.3 Å². The fourth-order valence-corrected chi connectivity index (χ4v) is 5.70. The molecular formula is C22H24N2OS. The molecule has 3 nitrogen and oxygen atoms in total. The van der Waals surface area contributed by atoms with Crippen molar-refractivity contribution in [2.45, 2.75) is 46.0 Å². The van der Waals surface area contributed by atoms with Gasteiger partial charge in [-0.25, -0.2) is 0 Å². The highest BCUT2D eigenvalue weighted by Gasteiger charge is 2.39. The van der Waals surface area contributed by atoms with Crippen LogP contribution < -0.4 is 5.32 Å². The highest BCUT2D eigenvalue weighted by Crippen LogP contribution is 2.46. The van der Waals surface area contributed by atoms with E-state index in [1.807, 2.05) is 6.07 Å². The van der Waals surface area contributed by atoms with Crippen LogP contribution in [0.4, 0.5) is 5.00 Å². The lowest BCUT2D eigenvalue weighted by atomic mass is 9.64. The number of fused-ring (bicyclic) bond motifs is 3. The van der Waals surface area contributed by atoms with Gasteiger partial charge in [-0.2, -0.15) is 5.26 Å². The molecule has 4 heteroatoms. The lowest BCUT2D eigenvalue weighted by molar-refractivity contribution is -0.124. The molecule has 1 N–H and O–H groups in total. The summed E-state index contributed by atoms with van der Waals surface area (Å²) in [6, 6.07) is 10.5. The molecule has 26 heavy (non-hydrogen) atoms. The third-order valence-electron chi connectivity index (χ3n) is 6.13. The Morgan fingerprint density at radius 2 is 1.96 bits per heavy atom. The third kappa shape index (κ3) is 3.17. The summed E-state index contributed by atoms with van der Waals surface area (Å²) in [5.41, 5.74) is 4.09. The van der Waals surface area contributed by atoms with Crippen LogP contribution in [0.15, 0.2) is 24.3 Å². The van der Waals surface area contributed by atoms with Crippen molar-refractivity contribution in [3.8, 4) is 16.5 Å². The van der Waals surface area contributed by atoms with E-state index in [-0.39, 0.29) is 11.8 Å². The molecule has 1 aromatic carbocycles. The minimum Gasteiger partial charge on any atom is -0.316 e. The number of carbonyl (C=O) groups excluding carboxylic acids is 1. The van der Waals surface area contributed by atoms with E-state index in [1.165, 1.54) is 48.1 Å². The van der Waals surface area contributed by atoms with Crippen LogP contribution in [0.2, 0.25) is 0 Å². The first-order valence-electron chi connectivity index (χ1n) is 9.47. The smallest absolute Gasteiger partial charge is 0.228 e. The van der Waals surface area contributed by atoms with Gasteiger partial charge < -0.3 is 5.32 Å². The number of hydrogen-bond acceptors (Lipinski definition) is 3. The first-order valence-corrected chi connectivity index (χ1v) is 10.3. The topological polar surface area (TPSA) is 52.9 Å². The summed E-state index contributed by atoms with van der Waals surface area (Å²) < 4.78 is 0. The van der Waals surface area contributed by atoms with Crippen molar-refractivity contribution in [2.24, 2.45) is 17.8 Å². The highest BCUT2D eigenvalue weighted by molar-refractivity contribution is 7.19. The van der Waals surface area contributed by atoms with Crippen molar-refractivity contribution in [2.75, 3.05) is 5.32 Å². The largest absolute Gasteiger partial charge is 0.316 e. The van der Waals surface area contributed by atoms with Crippen LogP contribution in [0.1, 0.15) is 48.8 Å². The Balaban J connectivity index is 1.59. The molecule has 5 rings (SSSR count). The summed E-state index contributed by atoms with van der Waals surface area (Å²) in [6.45, 7) is 4.15. The van der Waals surface area contributed by atoms with Crippen molar-refractivity contribution in [1.82, 2.24) is 0 Å². The normalized spacial score (nSPS) is 24.3. The number of amides is 1. The zero-order valence-electron chi connectivity index (χ0n) is 15.3. The Hall–Kier alpha value is -2.12. The Kier molecular flexibility index (Phi) is 4.58. The lowest BCUT2D eigenvalue weighted by Gasteiger charge is -2.41. The van der Waals surface area contributed by atoms with Gasteiger partial charge in [0.05, 0.1) is 5.56 Å². The maximum absolute atomic E-state index is 12.9. The van der Waals surface area contributed by atoms with E-state index in [4.69, 9.17) is 0 Å². The summed E-state index contributed by atoms with van der Waals surface area (Å²) in [5, 5.41) is 13.3. The van der Waals surface area contributed by atoms with Crippen LogP contribution in [0.3, 0.4) is 0 Å². The van der Waals surface area contributed by atoms with Gasteiger partial charge in [-0.1, -0.05) is 36.6 Å². The SMILES string of the molecule is Cc1ccc(C)c(-c2cc(C#N)c(NC(=O)[C@@H]3CC4CCC3CC4)s2)c1. The van der Waals surface area contributed by atoms with Crippen molar-refractivity contribution >= 4 is 22.2 Å². The summed E-state index contributed by atoms with van der Waals surface area (Å²) in [6.07, 6.45) is 5.97. The van der Waals surface area contributed by atoms with Crippen LogP contribution in [-0.4, -0.2) is 5.91 Å². The second-order valence-electron chi connectivity index (χ2n) is 7.90. The number of carbonyl (C=O) groups is 1. The predicted molar refractivity (Wildman–Crippen MR) is 106 cm³/mol. The quantitative estimate of drug-likeness (QED) is 0.763. The predicted octanol–water partition coefficient (Wildman–Crippen LogP) is 5.67. The van der Waals surface area contributed by atoms with Gasteiger partial charge >= 0.3 is 0 Å². The third-order valence-corrected chi connectivity index (χ3v) is 7.22. The second-order valence-corrected chi connectivity index (χ2v) is 8.95. The van der Waals surface area contributed by atoms with E-state index in [0.717, 1.165) is 22.8 Å². The van der Waals surface area contributed by atoms with Crippen LogP contribution in [0.5, 0.6) is 0 Å². The van der Waals surface area contributed by atoms with Gasteiger partial charge in [-0.3, -0.25) is 4.79 Å². The van der Waals surface area contributed by atoms with E-state index < -0.39 is 0 Å². The number of anilines is 1. The van der Waals surface area contributed by atoms with Gasteiger partial charge in [0.1, 0.15) is 11.1 Å².